The van der Waals surface area contributed by atoms with Crippen LogP contribution in [0.3, 0.4) is 0 Å². The van der Waals surface area contributed by atoms with E-state index in [9.17, 15) is 4.39 Å². The summed E-state index contributed by atoms with van der Waals surface area (Å²) in [6.07, 6.45) is 3.55. The monoisotopic (exact) mass is 382 g/mol. The molecule has 0 aliphatic heterocycles. The Balaban J connectivity index is 2.00. The minimum absolute atomic E-state index is 0.101. The van der Waals surface area contributed by atoms with Gasteiger partial charge in [-0.3, -0.25) is 0 Å². The second-order valence-electron chi connectivity index (χ2n) is 4.89. The maximum absolute atomic E-state index is 14.1. The van der Waals surface area contributed by atoms with E-state index >= 15 is 0 Å². The zero-order valence-electron chi connectivity index (χ0n) is 10.3. The molecule has 2 aromatic rings. The Morgan fingerprint density at radius 2 is 1.84 bits per heavy atom. The van der Waals surface area contributed by atoms with E-state index in [0.29, 0.717) is 10.0 Å². The zero-order chi connectivity index (χ0) is 13.4. The van der Waals surface area contributed by atoms with E-state index < -0.39 is 0 Å². The predicted molar refractivity (Wildman–Crippen MR) is 83.3 cm³/mol. The Labute approximate surface area is 129 Å². The summed E-state index contributed by atoms with van der Waals surface area (Å²) in [5, 5.41) is 0. The quantitative estimate of drug-likeness (QED) is 0.595. The summed E-state index contributed by atoms with van der Waals surface area (Å²) in [6.45, 7) is 0. The number of benzene rings is 2. The minimum Gasteiger partial charge on any atom is -0.205 e. The molecule has 0 amide bonds. The summed E-state index contributed by atoms with van der Waals surface area (Å²) < 4.78 is 14.6. The van der Waals surface area contributed by atoms with Crippen LogP contribution < -0.4 is 0 Å². The van der Waals surface area contributed by atoms with E-state index in [1.807, 2.05) is 12.1 Å². The zero-order valence-corrected chi connectivity index (χ0v) is 13.5. The topological polar surface area (TPSA) is 0 Å². The lowest BCUT2D eigenvalue weighted by Gasteiger charge is -2.14. The van der Waals surface area contributed by atoms with Gasteiger partial charge in [0.2, 0.25) is 0 Å². The molecular weight excluding hydrogens is 371 g/mol. The van der Waals surface area contributed by atoms with Crippen molar-refractivity contribution < 1.29 is 4.39 Å². The highest BCUT2D eigenvalue weighted by atomic mass is 79.9. The van der Waals surface area contributed by atoms with Crippen LogP contribution in [-0.2, 0) is 12.8 Å². The van der Waals surface area contributed by atoms with E-state index in [1.165, 1.54) is 24.0 Å². The molecule has 1 atom stereocenters. The Kier molecular flexibility index (Phi) is 3.77. The second kappa shape index (κ2) is 5.37. The fraction of sp³-hybridized carbons (Fsp3) is 0.250. The van der Waals surface area contributed by atoms with Crippen molar-refractivity contribution in [2.24, 2.45) is 0 Å². The van der Waals surface area contributed by atoms with Gasteiger partial charge in [0, 0.05) is 5.56 Å². The fourth-order valence-electron chi connectivity index (χ4n) is 2.65. The molecule has 0 aromatic heterocycles. The third kappa shape index (κ3) is 2.50. The van der Waals surface area contributed by atoms with Gasteiger partial charge in [0.25, 0.3) is 0 Å². The predicted octanol–water partition coefficient (Wildman–Crippen LogP) is 5.56. The number of fused-ring (bicyclic) bond motifs is 1. The molecule has 0 radical (unpaired) electrons. The Morgan fingerprint density at radius 1 is 1.05 bits per heavy atom. The van der Waals surface area contributed by atoms with Gasteiger partial charge < -0.3 is 0 Å². The second-order valence-corrected chi connectivity index (χ2v) is 6.66. The van der Waals surface area contributed by atoms with Crippen LogP contribution in [0.2, 0.25) is 0 Å². The SMILES string of the molecule is Fc1c(Br)cccc1C(Br)c1ccc2c(c1)CCC2. The Bertz CT molecular complexity index is 622. The van der Waals surface area contributed by atoms with Crippen molar-refractivity contribution in [2.75, 3.05) is 0 Å². The van der Waals surface area contributed by atoms with Crippen molar-refractivity contribution in [3.8, 4) is 0 Å². The van der Waals surface area contributed by atoms with Crippen LogP contribution in [0.25, 0.3) is 0 Å². The summed E-state index contributed by atoms with van der Waals surface area (Å²) in [5.74, 6) is -0.190. The molecule has 3 heteroatoms. The van der Waals surface area contributed by atoms with Gasteiger partial charge in [-0.15, -0.1) is 0 Å². The molecule has 0 saturated heterocycles. The summed E-state index contributed by atoms with van der Waals surface area (Å²) in [4.78, 5) is -0.101. The third-order valence-electron chi connectivity index (χ3n) is 3.67. The Morgan fingerprint density at radius 3 is 2.68 bits per heavy atom. The van der Waals surface area contributed by atoms with E-state index in [1.54, 1.807) is 6.07 Å². The first-order valence-electron chi connectivity index (χ1n) is 6.36. The largest absolute Gasteiger partial charge is 0.205 e. The van der Waals surface area contributed by atoms with E-state index in [4.69, 9.17) is 0 Å². The minimum atomic E-state index is -0.190. The van der Waals surface area contributed by atoms with Crippen LogP contribution in [0.4, 0.5) is 4.39 Å². The van der Waals surface area contributed by atoms with Crippen LogP contribution in [0.1, 0.15) is 33.5 Å². The molecule has 0 N–H and O–H groups in total. The summed E-state index contributed by atoms with van der Waals surface area (Å²) in [7, 11) is 0. The molecule has 19 heavy (non-hydrogen) atoms. The van der Waals surface area contributed by atoms with Gasteiger partial charge in [0.1, 0.15) is 5.82 Å². The van der Waals surface area contributed by atoms with E-state index in [2.05, 4.69) is 50.1 Å². The van der Waals surface area contributed by atoms with Crippen molar-refractivity contribution in [3.05, 3.63) is 68.9 Å². The van der Waals surface area contributed by atoms with Gasteiger partial charge in [-0.2, -0.15) is 0 Å². The van der Waals surface area contributed by atoms with E-state index in [0.717, 1.165) is 12.0 Å². The average Bonchev–Trinajstić information content (AvgIpc) is 2.88. The number of hydrogen-bond donors (Lipinski definition) is 0. The molecule has 0 nitrogen and oxygen atoms in total. The lowest BCUT2D eigenvalue weighted by Crippen LogP contribution is -1.98. The highest BCUT2D eigenvalue weighted by Crippen LogP contribution is 2.36. The first-order valence-corrected chi connectivity index (χ1v) is 8.07. The summed E-state index contributed by atoms with van der Waals surface area (Å²) >= 11 is 6.87. The maximum Gasteiger partial charge on any atom is 0.142 e. The molecule has 3 rings (SSSR count). The van der Waals surface area contributed by atoms with Crippen LogP contribution in [0.5, 0.6) is 0 Å². The molecular formula is C16H13Br2F. The summed E-state index contributed by atoms with van der Waals surface area (Å²) in [5.41, 5.74) is 4.65. The first-order chi connectivity index (χ1) is 9.16. The van der Waals surface area contributed by atoms with Crippen molar-refractivity contribution in [2.45, 2.75) is 24.1 Å². The molecule has 1 aliphatic carbocycles. The third-order valence-corrected chi connectivity index (χ3v) is 5.30. The van der Waals surface area contributed by atoms with E-state index in [-0.39, 0.29) is 10.6 Å². The molecule has 98 valence electrons. The number of halogens is 3. The van der Waals surface area contributed by atoms with Crippen molar-refractivity contribution in [3.63, 3.8) is 0 Å². The molecule has 0 fully saturated rings. The first kappa shape index (κ1) is 13.3. The fourth-order valence-corrected chi connectivity index (χ4v) is 3.67. The van der Waals surface area contributed by atoms with Crippen LogP contribution in [0.15, 0.2) is 40.9 Å². The highest BCUT2D eigenvalue weighted by molar-refractivity contribution is 9.10. The lowest BCUT2D eigenvalue weighted by molar-refractivity contribution is 0.607. The van der Waals surface area contributed by atoms with Crippen molar-refractivity contribution in [1.82, 2.24) is 0 Å². The summed E-state index contributed by atoms with van der Waals surface area (Å²) in [6, 6.07) is 11.9. The van der Waals surface area contributed by atoms with Gasteiger partial charge in [-0.25, -0.2) is 4.39 Å². The van der Waals surface area contributed by atoms with Gasteiger partial charge in [0.05, 0.1) is 9.30 Å². The number of aryl methyl sites for hydroxylation is 2. The van der Waals surface area contributed by atoms with Crippen molar-refractivity contribution in [1.29, 1.82) is 0 Å². The average molecular weight is 384 g/mol. The van der Waals surface area contributed by atoms with Crippen LogP contribution >= 0.6 is 31.9 Å². The molecule has 1 aliphatic rings. The number of alkyl halides is 1. The van der Waals surface area contributed by atoms with Gasteiger partial charge in [-0.05, 0) is 57.9 Å². The highest BCUT2D eigenvalue weighted by Gasteiger charge is 2.19. The smallest absolute Gasteiger partial charge is 0.142 e. The molecule has 0 saturated carbocycles. The van der Waals surface area contributed by atoms with Gasteiger partial charge >= 0.3 is 0 Å². The van der Waals surface area contributed by atoms with Crippen LogP contribution in [-0.4, -0.2) is 0 Å². The standard InChI is InChI=1S/C16H13Br2F/c17-14-6-2-5-13(16(14)19)15(18)12-8-7-10-3-1-4-11(10)9-12/h2,5-9,15H,1,3-4H2. The van der Waals surface area contributed by atoms with Crippen LogP contribution in [0, 0.1) is 5.82 Å². The molecule has 1 unspecified atom stereocenters. The lowest BCUT2D eigenvalue weighted by atomic mass is 10.00. The van der Waals surface area contributed by atoms with Crippen molar-refractivity contribution >= 4 is 31.9 Å². The Hall–Kier alpha value is -0.670. The molecule has 0 spiro atoms. The molecule has 0 heterocycles. The number of hydrogen-bond acceptors (Lipinski definition) is 0. The van der Waals surface area contributed by atoms with Gasteiger partial charge in [-0.1, -0.05) is 46.3 Å². The van der Waals surface area contributed by atoms with Gasteiger partial charge in [0.15, 0.2) is 0 Å². The number of rotatable bonds is 2. The molecule has 2 aromatic carbocycles. The molecule has 0 bridgehead atoms. The normalized spacial score (nSPS) is 15.3. The maximum atomic E-state index is 14.1.